The molecule has 0 fully saturated rings. The van der Waals surface area contributed by atoms with Gasteiger partial charge in [-0.05, 0) is 29.7 Å². The zero-order chi connectivity index (χ0) is 16.5. The van der Waals surface area contributed by atoms with Gasteiger partial charge in [0.15, 0.2) is 5.96 Å². The van der Waals surface area contributed by atoms with Crippen LogP contribution in [0, 0.1) is 0 Å². The molecule has 0 spiro atoms. The molecule has 0 atom stereocenters. The highest BCUT2D eigenvalue weighted by molar-refractivity contribution is 14.0. The number of ether oxygens (including phenoxy) is 1. The Hall–Kier alpha value is -1.12. The van der Waals surface area contributed by atoms with Crippen LogP contribution in [0.25, 0.3) is 0 Å². The lowest BCUT2D eigenvalue weighted by Gasteiger charge is -2.13. The Morgan fingerprint density at radius 2 is 1.71 bits per heavy atom. The number of benzene rings is 1. The van der Waals surface area contributed by atoms with Gasteiger partial charge in [0.25, 0.3) is 0 Å². The molecule has 24 heavy (non-hydrogen) atoms. The number of hydrogen-bond acceptors (Lipinski definition) is 3. The average Bonchev–Trinajstić information content (AvgIpc) is 3.04. The van der Waals surface area contributed by atoms with Crippen LogP contribution in [0.1, 0.15) is 27.8 Å². The molecule has 0 unspecified atom stereocenters. The predicted octanol–water partition coefficient (Wildman–Crippen LogP) is 3.94. The van der Waals surface area contributed by atoms with Crippen molar-refractivity contribution in [2.45, 2.75) is 33.0 Å². The highest BCUT2D eigenvalue weighted by atomic mass is 127. The fourth-order valence-electron chi connectivity index (χ4n) is 2.30. The lowest BCUT2D eigenvalue weighted by molar-refractivity contribution is 0.184. The molecule has 2 rings (SSSR count). The van der Waals surface area contributed by atoms with Crippen molar-refractivity contribution in [2.24, 2.45) is 4.99 Å². The summed E-state index contributed by atoms with van der Waals surface area (Å²) in [5, 5.41) is 6.73. The van der Waals surface area contributed by atoms with Gasteiger partial charge in [0.2, 0.25) is 0 Å². The van der Waals surface area contributed by atoms with Crippen molar-refractivity contribution < 1.29 is 4.74 Å². The first-order chi connectivity index (χ1) is 11.3. The maximum Gasteiger partial charge on any atom is 0.191 e. The van der Waals surface area contributed by atoms with Crippen LogP contribution < -0.4 is 10.6 Å². The van der Waals surface area contributed by atoms with Gasteiger partial charge in [-0.2, -0.15) is 0 Å². The Morgan fingerprint density at radius 3 is 2.33 bits per heavy atom. The number of nitrogens with zero attached hydrogens (tertiary/aromatic N) is 1. The zero-order valence-electron chi connectivity index (χ0n) is 14.5. The molecule has 1 heterocycles. The number of nitrogens with one attached hydrogen (secondary N) is 2. The zero-order valence-corrected chi connectivity index (χ0v) is 17.6. The van der Waals surface area contributed by atoms with E-state index in [0.29, 0.717) is 6.61 Å². The maximum absolute atomic E-state index is 5.25. The molecular weight excluding hydrogens is 433 g/mol. The first-order valence-corrected chi connectivity index (χ1v) is 8.66. The number of aliphatic imine (C=N–C) groups is 1. The molecule has 0 amide bonds. The van der Waals surface area contributed by atoms with Gasteiger partial charge in [-0.25, -0.2) is 0 Å². The second-order valence-corrected chi connectivity index (χ2v) is 6.46. The molecule has 0 bridgehead atoms. The summed E-state index contributed by atoms with van der Waals surface area (Å²) in [5.41, 5.74) is 2.42. The summed E-state index contributed by atoms with van der Waals surface area (Å²) in [6.45, 7) is 4.33. The van der Waals surface area contributed by atoms with Crippen molar-refractivity contribution in [3.05, 3.63) is 57.3 Å². The lowest BCUT2D eigenvalue weighted by atomic mass is 10.1. The summed E-state index contributed by atoms with van der Waals surface area (Å²) in [6, 6.07) is 12.7. The molecule has 2 N–H and O–H groups in total. The SMILES string of the molecule is CCc1ccc(CNC(=NC)NCc2ccccc2COC)s1.I. The van der Waals surface area contributed by atoms with E-state index >= 15 is 0 Å². The average molecular weight is 459 g/mol. The van der Waals surface area contributed by atoms with Crippen molar-refractivity contribution in [2.75, 3.05) is 14.2 Å². The van der Waals surface area contributed by atoms with Crippen molar-refractivity contribution in [1.82, 2.24) is 10.6 Å². The number of aryl methyl sites for hydroxylation is 1. The van der Waals surface area contributed by atoms with E-state index in [1.165, 1.54) is 20.9 Å². The van der Waals surface area contributed by atoms with E-state index < -0.39 is 0 Å². The minimum Gasteiger partial charge on any atom is -0.380 e. The maximum atomic E-state index is 5.25. The second-order valence-electron chi connectivity index (χ2n) is 5.20. The number of guanidine groups is 1. The lowest BCUT2D eigenvalue weighted by Crippen LogP contribution is -2.36. The molecule has 1 aromatic heterocycles. The highest BCUT2D eigenvalue weighted by Crippen LogP contribution is 2.16. The van der Waals surface area contributed by atoms with Gasteiger partial charge >= 0.3 is 0 Å². The summed E-state index contributed by atoms with van der Waals surface area (Å²) in [5.74, 6) is 0.809. The van der Waals surface area contributed by atoms with E-state index in [-0.39, 0.29) is 24.0 Å². The molecule has 6 heteroatoms. The molecular formula is C18H26IN3OS. The molecule has 2 aromatic rings. The molecule has 4 nitrogen and oxygen atoms in total. The van der Waals surface area contributed by atoms with Crippen LogP contribution in [-0.4, -0.2) is 20.1 Å². The van der Waals surface area contributed by atoms with Crippen molar-refractivity contribution in [3.63, 3.8) is 0 Å². The predicted molar refractivity (Wildman–Crippen MR) is 113 cm³/mol. The first kappa shape index (κ1) is 20.9. The van der Waals surface area contributed by atoms with E-state index in [1.807, 2.05) is 23.5 Å². The van der Waals surface area contributed by atoms with E-state index in [4.69, 9.17) is 4.74 Å². The smallest absolute Gasteiger partial charge is 0.191 e. The molecule has 0 aliphatic heterocycles. The summed E-state index contributed by atoms with van der Waals surface area (Å²) < 4.78 is 5.25. The topological polar surface area (TPSA) is 45.7 Å². The number of methoxy groups -OCH3 is 1. The quantitative estimate of drug-likeness (QED) is 0.375. The van der Waals surface area contributed by atoms with Gasteiger partial charge in [0, 0.05) is 30.5 Å². The Balaban J connectivity index is 0.00000288. The van der Waals surface area contributed by atoms with Gasteiger partial charge in [-0.1, -0.05) is 31.2 Å². The van der Waals surface area contributed by atoms with Crippen LogP contribution in [0.5, 0.6) is 0 Å². The molecule has 1 aromatic carbocycles. The minimum atomic E-state index is 0. The first-order valence-electron chi connectivity index (χ1n) is 7.84. The molecule has 0 aliphatic rings. The van der Waals surface area contributed by atoms with E-state index in [2.05, 4.69) is 46.8 Å². The Morgan fingerprint density at radius 1 is 1.04 bits per heavy atom. The highest BCUT2D eigenvalue weighted by Gasteiger charge is 2.04. The van der Waals surface area contributed by atoms with Crippen molar-refractivity contribution >= 4 is 41.3 Å². The van der Waals surface area contributed by atoms with Crippen LogP contribution >= 0.6 is 35.3 Å². The standard InChI is InChI=1S/C18H25N3OS.HI/c1-4-16-9-10-17(23-16)12-21-18(19-2)20-11-14-7-5-6-8-15(14)13-22-3;/h5-10H,4,11-13H2,1-3H3,(H2,19,20,21);1H. The molecule has 0 saturated carbocycles. The van der Waals surface area contributed by atoms with Crippen molar-refractivity contribution in [1.29, 1.82) is 0 Å². The fraction of sp³-hybridized carbons (Fsp3) is 0.389. The van der Waals surface area contributed by atoms with Crippen LogP contribution in [0.2, 0.25) is 0 Å². The summed E-state index contributed by atoms with van der Waals surface area (Å²) >= 11 is 1.85. The molecule has 0 saturated heterocycles. The third kappa shape index (κ3) is 6.41. The van der Waals surface area contributed by atoms with Crippen molar-refractivity contribution in [3.8, 4) is 0 Å². The van der Waals surface area contributed by atoms with Crippen LogP contribution in [0.4, 0.5) is 0 Å². The number of halogens is 1. The van der Waals surface area contributed by atoms with Crippen LogP contribution in [0.3, 0.4) is 0 Å². The third-order valence-corrected chi connectivity index (χ3v) is 4.81. The van der Waals surface area contributed by atoms with Gasteiger partial charge < -0.3 is 15.4 Å². The minimum absolute atomic E-state index is 0. The van der Waals surface area contributed by atoms with E-state index in [1.54, 1.807) is 14.2 Å². The summed E-state index contributed by atoms with van der Waals surface area (Å²) in [4.78, 5) is 7.03. The number of thiophene rings is 1. The normalized spacial score (nSPS) is 11.0. The molecule has 0 aliphatic carbocycles. The Labute approximate surface area is 165 Å². The monoisotopic (exact) mass is 459 g/mol. The number of rotatable bonds is 7. The number of hydrogen-bond donors (Lipinski definition) is 2. The van der Waals surface area contributed by atoms with Crippen LogP contribution in [0.15, 0.2) is 41.4 Å². The molecule has 0 radical (unpaired) electrons. The van der Waals surface area contributed by atoms with E-state index in [0.717, 1.165) is 25.5 Å². The third-order valence-electron chi connectivity index (χ3n) is 3.58. The fourth-order valence-corrected chi connectivity index (χ4v) is 3.20. The largest absolute Gasteiger partial charge is 0.380 e. The van der Waals surface area contributed by atoms with Gasteiger partial charge in [-0.3, -0.25) is 4.99 Å². The Bertz CT molecular complexity index is 643. The van der Waals surface area contributed by atoms with Gasteiger partial charge in [0.05, 0.1) is 13.2 Å². The van der Waals surface area contributed by atoms with Gasteiger partial charge in [-0.15, -0.1) is 35.3 Å². The van der Waals surface area contributed by atoms with Gasteiger partial charge in [0.1, 0.15) is 0 Å². The Kier molecular flexibility index (Phi) is 9.97. The summed E-state index contributed by atoms with van der Waals surface area (Å²) in [7, 11) is 3.51. The summed E-state index contributed by atoms with van der Waals surface area (Å²) in [6.07, 6.45) is 1.09. The second kappa shape index (κ2) is 11.4. The van der Waals surface area contributed by atoms with E-state index in [9.17, 15) is 0 Å². The van der Waals surface area contributed by atoms with Crippen LogP contribution in [-0.2, 0) is 30.9 Å². The molecule has 132 valence electrons.